The summed E-state index contributed by atoms with van der Waals surface area (Å²) in [6.45, 7) is 1.08. The summed E-state index contributed by atoms with van der Waals surface area (Å²) in [5.41, 5.74) is 2.78. The van der Waals surface area contributed by atoms with Crippen LogP contribution in [0, 0.1) is 11.3 Å². The zero-order valence-electron chi connectivity index (χ0n) is 16.2. The number of aromatic nitrogens is 3. The van der Waals surface area contributed by atoms with Crippen LogP contribution in [0.1, 0.15) is 34.5 Å². The van der Waals surface area contributed by atoms with Gasteiger partial charge in [-0.2, -0.15) is 10.4 Å². The first-order valence-electron chi connectivity index (χ1n) is 9.92. The summed E-state index contributed by atoms with van der Waals surface area (Å²) in [4.78, 5) is 32.4. The number of aromatic amines is 1. The summed E-state index contributed by atoms with van der Waals surface area (Å²) in [6.07, 6.45) is 6.21. The van der Waals surface area contributed by atoms with Crippen LogP contribution < -0.4 is 0 Å². The van der Waals surface area contributed by atoms with Gasteiger partial charge in [-0.3, -0.25) is 9.59 Å². The summed E-state index contributed by atoms with van der Waals surface area (Å²) in [6, 6.07) is 13.2. The molecule has 2 aliphatic heterocycles. The fourth-order valence-corrected chi connectivity index (χ4v) is 4.59. The average molecular weight is 400 g/mol. The lowest BCUT2D eigenvalue weighted by molar-refractivity contribution is -0.129. The highest BCUT2D eigenvalue weighted by molar-refractivity contribution is 5.94. The number of fused-ring (bicyclic) bond motifs is 1. The third kappa shape index (κ3) is 2.95. The van der Waals surface area contributed by atoms with Gasteiger partial charge in [0.15, 0.2) is 0 Å². The molecule has 0 spiro atoms. The highest BCUT2D eigenvalue weighted by Gasteiger charge is 2.48. The van der Waals surface area contributed by atoms with E-state index in [4.69, 9.17) is 5.26 Å². The lowest BCUT2D eigenvalue weighted by Crippen LogP contribution is -2.39. The number of benzene rings is 1. The number of amides is 2. The Hall–Kier alpha value is -3.86. The minimum Gasteiger partial charge on any atom is -0.356 e. The van der Waals surface area contributed by atoms with E-state index in [0.29, 0.717) is 30.8 Å². The van der Waals surface area contributed by atoms with Crippen molar-refractivity contribution < 1.29 is 9.59 Å². The van der Waals surface area contributed by atoms with Gasteiger partial charge in [-0.15, -0.1) is 0 Å². The van der Waals surface area contributed by atoms with Crippen molar-refractivity contribution in [3.63, 3.8) is 0 Å². The third-order valence-electron chi connectivity index (χ3n) is 6.00. The number of nitrogens with zero attached hydrogens (tertiary/aromatic N) is 5. The van der Waals surface area contributed by atoms with Gasteiger partial charge < -0.3 is 14.8 Å². The van der Waals surface area contributed by atoms with Crippen molar-refractivity contribution in [3.05, 3.63) is 71.8 Å². The number of carbonyl (C=O) groups excluding carboxylic acids is 2. The molecule has 8 heteroatoms. The predicted molar refractivity (Wildman–Crippen MR) is 107 cm³/mol. The van der Waals surface area contributed by atoms with E-state index in [9.17, 15) is 9.59 Å². The molecule has 1 aromatic carbocycles. The molecule has 0 saturated carbocycles. The Morgan fingerprint density at radius 3 is 2.90 bits per heavy atom. The normalized spacial score (nSPS) is 20.4. The van der Waals surface area contributed by atoms with Gasteiger partial charge in [0.1, 0.15) is 11.8 Å². The van der Waals surface area contributed by atoms with Gasteiger partial charge in [-0.25, -0.2) is 4.68 Å². The molecule has 2 saturated heterocycles. The number of para-hydroxylation sites is 1. The van der Waals surface area contributed by atoms with Gasteiger partial charge >= 0.3 is 0 Å². The molecule has 0 unspecified atom stereocenters. The smallest absolute Gasteiger partial charge is 0.270 e. The molecule has 2 aromatic heterocycles. The number of nitrogens with one attached hydrogen (secondary N) is 1. The molecule has 0 bridgehead atoms. The van der Waals surface area contributed by atoms with Gasteiger partial charge in [-0.1, -0.05) is 18.2 Å². The summed E-state index contributed by atoms with van der Waals surface area (Å²) in [7, 11) is 0. The molecule has 2 atom stereocenters. The molecule has 0 radical (unpaired) electrons. The number of nitriles is 1. The summed E-state index contributed by atoms with van der Waals surface area (Å²) in [5.74, 6) is -0.0995. The maximum absolute atomic E-state index is 12.9. The minimum absolute atomic E-state index is 0.00229. The Labute approximate surface area is 173 Å². The maximum Gasteiger partial charge on any atom is 0.270 e. The van der Waals surface area contributed by atoms with Crippen LogP contribution in [0.5, 0.6) is 0 Å². The number of carbonyl (C=O) groups is 2. The fourth-order valence-electron chi connectivity index (χ4n) is 4.59. The van der Waals surface area contributed by atoms with Crippen molar-refractivity contribution in [2.24, 2.45) is 0 Å². The first-order chi connectivity index (χ1) is 14.7. The standard InChI is InChI=1S/C22H20N6O2/c23-12-15-10-17(24-13-15)22(30)26-9-6-19-20(26)11-21(29)27(19)14-16-4-1-2-5-18(16)28-8-3-7-25-28/h1-5,7-8,10,13,19-20,24H,6,9,11,14H2/t19-,20-/m0/s1. The second-order valence-corrected chi connectivity index (χ2v) is 7.64. The van der Waals surface area contributed by atoms with Gasteiger partial charge in [0.05, 0.1) is 23.3 Å². The van der Waals surface area contributed by atoms with Crippen molar-refractivity contribution in [1.29, 1.82) is 5.26 Å². The van der Waals surface area contributed by atoms with Crippen LogP contribution >= 0.6 is 0 Å². The van der Waals surface area contributed by atoms with Crippen LogP contribution in [-0.2, 0) is 11.3 Å². The third-order valence-corrected chi connectivity index (χ3v) is 6.00. The van der Waals surface area contributed by atoms with Crippen LogP contribution in [-0.4, -0.2) is 55.0 Å². The Balaban J connectivity index is 1.37. The molecule has 2 fully saturated rings. The molecule has 3 aromatic rings. The van der Waals surface area contributed by atoms with Crippen molar-refractivity contribution in [1.82, 2.24) is 24.6 Å². The second-order valence-electron chi connectivity index (χ2n) is 7.64. The summed E-state index contributed by atoms with van der Waals surface area (Å²) in [5, 5.41) is 13.3. The topological polar surface area (TPSA) is 98.0 Å². The van der Waals surface area contributed by atoms with Crippen LogP contribution in [0.2, 0.25) is 0 Å². The van der Waals surface area contributed by atoms with E-state index in [1.165, 1.54) is 6.20 Å². The molecule has 30 heavy (non-hydrogen) atoms. The van der Waals surface area contributed by atoms with Crippen molar-refractivity contribution in [2.45, 2.75) is 31.5 Å². The Kier molecular flexibility index (Phi) is 4.36. The largest absolute Gasteiger partial charge is 0.356 e. The molecule has 4 heterocycles. The van der Waals surface area contributed by atoms with Crippen molar-refractivity contribution >= 4 is 11.8 Å². The van der Waals surface area contributed by atoms with Gasteiger partial charge in [-0.05, 0) is 30.2 Å². The molecule has 0 aliphatic carbocycles. The number of H-pyrrole nitrogens is 1. The SMILES string of the molecule is N#Cc1c[nH]c(C(=O)N2CC[C@H]3[C@@H]2CC(=O)N3Cc2ccccc2-n2cccn2)c1. The zero-order chi connectivity index (χ0) is 20.7. The Bertz CT molecular complexity index is 1140. The quantitative estimate of drug-likeness (QED) is 0.725. The van der Waals surface area contributed by atoms with E-state index in [1.54, 1.807) is 21.8 Å². The van der Waals surface area contributed by atoms with E-state index in [2.05, 4.69) is 10.1 Å². The Morgan fingerprint density at radius 2 is 2.13 bits per heavy atom. The van der Waals surface area contributed by atoms with Crippen LogP contribution in [0.15, 0.2) is 55.0 Å². The van der Waals surface area contributed by atoms with Crippen LogP contribution in [0.25, 0.3) is 5.69 Å². The second kappa shape index (κ2) is 7.19. The van der Waals surface area contributed by atoms with Crippen molar-refractivity contribution in [2.75, 3.05) is 6.54 Å². The molecule has 1 N–H and O–H groups in total. The maximum atomic E-state index is 12.9. The highest BCUT2D eigenvalue weighted by atomic mass is 16.2. The van der Waals surface area contributed by atoms with Crippen LogP contribution in [0.3, 0.4) is 0 Å². The fraction of sp³-hybridized carbons (Fsp3) is 0.273. The van der Waals surface area contributed by atoms with E-state index >= 15 is 0 Å². The zero-order valence-corrected chi connectivity index (χ0v) is 16.2. The predicted octanol–water partition coefficient (Wildman–Crippen LogP) is 2.09. The highest BCUT2D eigenvalue weighted by Crippen LogP contribution is 2.35. The van der Waals surface area contributed by atoms with E-state index in [0.717, 1.165) is 17.7 Å². The van der Waals surface area contributed by atoms with E-state index in [1.807, 2.05) is 47.5 Å². The summed E-state index contributed by atoms with van der Waals surface area (Å²) >= 11 is 0. The first kappa shape index (κ1) is 18.2. The molecule has 150 valence electrons. The monoisotopic (exact) mass is 400 g/mol. The minimum atomic E-state index is -0.157. The van der Waals surface area contributed by atoms with Crippen LogP contribution in [0.4, 0.5) is 0 Å². The van der Waals surface area contributed by atoms with Gasteiger partial charge in [0.25, 0.3) is 5.91 Å². The lowest BCUT2D eigenvalue weighted by atomic mass is 10.1. The van der Waals surface area contributed by atoms with Crippen molar-refractivity contribution in [3.8, 4) is 11.8 Å². The molecule has 8 nitrogen and oxygen atoms in total. The number of hydrogen-bond acceptors (Lipinski definition) is 4. The number of hydrogen-bond donors (Lipinski definition) is 1. The van der Waals surface area contributed by atoms with E-state index < -0.39 is 0 Å². The molecule has 2 aliphatic rings. The average Bonchev–Trinajstić information content (AvgIpc) is 3.55. The van der Waals surface area contributed by atoms with Gasteiger partial charge in [0.2, 0.25) is 5.91 Å². The number of likely N-dealkylation sites (tertiary alicyclic amines) is 2. The number of rotatable bonds is 4. The molecule has 2 amide bonds. The van der Waals surface area contributed by atoms with Gasteiger partial charge in [0, 0.05) is 38.1 Å². The first-order valence-corrected chi connectivity index (χ1v) is 9.92. The van der Waals surface area contributed by atoms with E-state index in [-0.39, 0.29) is 23.9 Å². The molecular weight excluding hydrogens is 380 g/mol. The molecular formula is C22H20N6O2. The summed E-state index contributed by atoms with van der Waals surface area (Å²) < 4.78 is 1.80. The molecule has 5 rings (SSSR count). The Morgan fingerprint density at radius 1 is 1.27 bits per heavy atom. The lowest BCUT2D eigenvalue weighted by Gasteiger charge is -2.26.